The minimum Gasteiger partial charge on any atom is -1.00 e. The van der Waals surface area contributed by atoms with Gasteiger partial charge >= 0.3 is 6.18 Å². The lowest BCUT2D eigenvalue weighted by Crippen LogP contribution is -3.00. The molecule has 0 radical (unpaired) electrons. The van der Waals surface area contributed by atoms with Crippen molar-refractivity contribution in [2.45, 2.75) is 19.3 Å². The maximum Gasteiger partial charge on any atom is 0.416 e. The van der Waals surface area contributed by atoms with E-state index < -0.39 is 11.7 Å². The Balaban J connectivity index is 0.00000200. The van der Waals surface area contributed by atoms with Crippen molar-refractivity contribution >= 4 is 0 Å². The maximum atomic E-state index is 12.6. The van der Waals surface area contributed by atoms with Crippen molar-refractivity contribution < 1.29 is 30.1 Å². The lowest BCUT2D eigenvalue weighted by atomic mass is 10.1. The van der Waals surface area contributed by atoms with Gasteiger partial charge in [0.1, 0.15) is 0 Å². The van der Waals surface area contributed by atoms with E-state index in [1.807, 2.05) is 22.9 Å². The molecule has 1 aromatic carbocycles. The van der Waals surface area contributed by atoms with Gasteiger partial charge in [0.15, 0.2) is 18.9 Å². The summed E-state index contributed by atoms with van der Waals surface area (Å²) in [5, 5.41) is 0. The monoisotopic (exact) mass is 302 g/mol. The molecular formula is C14H14ClF3N2. The summed E-state index contributed by atoms with van der Waals surface area (Å²) >= 11 is 0. The molecule has 1 heterocycles. The predicted molar refractivity (Wildman–Crippen MR) is 65.1 cm³/mol. The first-order chi connectivity index (χ1) is 8.99. The van der Waals surface area contributed by atoms with E-state index in [-0.39, 0.29) is 12.4 Å². The first-order valence-electron chi connectivity index (χ1n) is 5.83. The molecule has 0 amide bonds. The molecule has 0 bridgehead atoms. The quantitative estimate of drug-likeness (QED) is 0.762. The van der Waals surface area contributed by atoms with Crippen LogP contribution in [0.2, 0.25) is 0 Å². The van der Waals surface area contributed by atoms with Gasteiger partial charge in [0.25, 0.3) is 0 Å². The standard InChI is InChI=1S/C14H14F3N2.ClH/c15-14(16,17)13-5-1-3-11(7-13)9-19-6-2-4-12(8-18)10-19;/h1-7,10H,8-9,18H2;1H/q+1;/p-1. The van der Waals surface area contributed by atoms with Gasteiger partial charge in [-0.05, 0) is 18.2 Å². The van der Waals surface area contributed by atoms with Gasteiger partial charge in [-0.1, -0.05) is 12.1 Å². The number of alkyl halides is 3. The van der Waals surface area contributed by atoms with Crippen LogP contribution in [0.5, 0.6) is 0 Å². The minimum absolute atomic E-state index is 0. The molecule has 0 aliphatic heterocycles. The minimum atomic E-state index is -4.31. The first-order valence-corrected chi connectivity index (χ1v) is 5.83. The molecule has 2 rings (SSSR count). The number of aromatic nitrogens is 1. The zero-order valence-electron chi connectivity index (χ0n) is 10.6. The third kappa shape index (κ3) is 4.21. The van der Waals surface area contributed by atoms with Crippen LogP contribution >= 0.6 is 0 Å². The lowest BCUT2D eigenvalue weighted by Gasteiger charge is -2.07. The summed E-state index contributed by atoms with van der Waals surface area (Å²) < 4.78 is 39.6. The number of rotatable bonds is 3. The van der Waals surface area contributed by atoms with E-state index >= 15 is 0 Å². The second kappa shape index (κ2) is 6.72. The topological polar surface area (TPSA) is 29.9 Å². The van der Waals surface area contributed by atoms with Gasteiger partial charge in [0, 0.05) is 23.7 Å². The second-order valence-electron chi connectivity index (χ2n) is 4.29. The fraction of sp³-hybridized carbons (Fsp3) is 0.214. The van der Waals surface area contributed by atoms with Gasteiger partial charge in [0.05, 0.1) is 5.56 Å². The highest BCUT2D eigenvalue weighted by molar-refractivity contribution is 5.25. The highest BCUT2D eigenvalue weighted by Gasteiger charge is 2.30. The molecule has 20 heavy (non-hydrogen) atoms. The van der Waals surface area contributed by atoms with E-state index in [0.717, 1.165) is 11.6 Å². The third-order valence-corrected chi connectivity index (χ3v) is 2.77. The van der Waals surface area contributed by atoms with Crippen LogP contribution in [0.25, 0.3) is 0 Å². The highest BCUT2D eigenvalue weighted by Crippen LogP contribution is 2.29. The normalized spacial score (nSPS) is 11.0. The molecule has 2 nitrogen and oxygen atoms in total. The number of halogens is 4. The SMILES string of the molecule is NCc1ccc[n+](Cc2cccc(C(F)(F)F)c2)c1.[Cl-]. The van der Waals surface area contributed by atoms with Crippen molar-refractivity contribution in [1.82, 2.24) is 0 Å². The van der Waals surface area contributed by atoms with Crippen LogP contribution in [0, 0.1) is 0 Å². The molecule has 0 saturated carbocycles. The summed E-state index contributed by atoms with van der Waals surface area (Å²) in [5.41, 5.74) is 6.45. The van der Waals surface area contributed by atoms with Gasteiger partial charge in [-0.3, -0.25) is 0 Å². The molecule has 0 saturated heterocycles. The third-order valence-electron chi connectivity index (χ3n) is 2.77. The number of benzene rings is 1. The first kappa shape index (κ1) is 16.5. The molecule has 0 aliphatic carbocycles. The zero-order chi connectivity index (χ0) is 13.9. The summed E-state index contributed by atoms with van der Waals surface area (Å²) in [6.45, 7) is 0.793. The lowest BCUT2D eigenvalue weighted by molar-refractivity contribution is -0.688. The summed E-state index contributed by atoms with van der Waals surface area (Å²) in [6, 6.07) is 9.05. The summed E-state index contributed by atoms with van der Waals surface area (Å²) in [6.07, 6.45) is -0.667. The van der Waals surface area contributed by atoms with Gasteiger partial charge < -0.3 is 18.1 Å². The van der Waals surface area contributed by atoms with Crippen molar-refractivity contribution in [2.75, 3.05) is 0 Å². The van der Waals surface area contributed by atoms with Crippen molar-refractivity contribution in [3.8, 4) is 0 Å². The van der Waals surface area contributed by atoms with Crippen LogP contribution in [-0.4, -0.2) is 0 Å². The Bertz CT molecular complexity index is 570. The molecule has 0 unspecified atom stereocenters. The number of nitrogens with zero attached hydrogens (tertiary/aromatic N) is 1. The smallest absolute Gasteiger partial charge is 0.416 e. The Morgan fingerprint density at radius 1 is 1.05 bits per heavy atom. The van der Waals surface area contributed by atoms with Gasteiger partial charge in [-0.2, -0.15) is 13.2 Å². The van der Waals surface area contributed by atoms with E-state index in [0.29, 0.717) is 18.7 Å². The predicted octanol–water partition coefficient (Wildman–Crippen LogP) is -0.496. The Kier molecular flexibility index (Phi) is 5.53. The Morgan fingerprint density at radius 3 is 2.40 bits per heavy atom. The molecule has 0 fully saturated rings. The fourth-order valence-corrected chi connectivity index (χ4v) is 1.85. The van der Waals surface area contributed by atoms with Crippen LogP contribution in [-0.2, 0) is 19.3 Å². The molecule has 2 N–H and O–H groups in total. The number of hydrogen-bond donors (Lipinski definition) is 1. The van der Waals surface area contributed by atoms with Gasteiger partial charge in [0.2, 0.25) is 0 Å². The largest absolute Gasteiger partial charge is 1.00 e. The van der Waals surface area contributed by atoms with E-state index in [9.17, 15) is 13.2 Å². The van der Waals surface area contributed by atoms with E-state index in [4.69, 9.17) is 5.73 Å². The van der Waals surface area contributed by atoms with E-state index in [1.165, 1.54) is 12.1 Å². The fourth-order valence-electron chi connectivity index (χ4n) is 1.85. The summed E-state index contributed by atoms with van der Waals surface area (Å²) in [5.74, 6) is 0. The molecular weight excluding hydrogens is 289 g/mol. The highest BCUT2D eigenvalue weighted by atomic mass is 35.5. The molecule has 0 spiro atoms. The summed E-state index contributed by atoms with van der Waals surface area (Å²) in [4.78, 5) is 0. The van der Waals surface area contributed by atoms with Crippen LogP contribution < -0.4 is 22.7 Å². The molecule has 1 aromatic heterocycles. The van der Waals surface area contributed by atoms with E-state index in [1.54, 1.807) is 12.3 Å². The van der Waals surface area contributed by atoms with Crippen LogP contribution in [0.15, 0.2) is 48.8 Å². The zero-order valence-corrected chi connectivity index (χ0v) is 11.3. The molecule has 0 atom stereocenters. The Hall–Kier alpha value is -1.59. The van der Waals surface area contributed by atoms with Crippen LogP contribution in [0.1, 0.15) is 16.7 Å². The molecule has 108 valence electrons. The summed E-state index contributed by atoms with van der Waals surface area (Å²) in [7, 11) is 0. The average molecular weight is 303 g/mol. The second-order valence-corrected chi connectivity index (χ2v) is 4.29. The number of pyridine rings is 1. The van der Waals surface area contributed by atoms with Gasteiger partial charge in [-0.25, -0.2) is 4.57 Å². The van der Waals surface area contributed by atoms with Crippen LogP contribution in [0.3, 0.4) is 0 Å². The van der Waals surface area contributed by atoms with Crippen molar-refractivity contribution in [1.29, 1.82) is 0 Å². The molecule has 0 aliphatic rings. The maximum absolute atomic E-state index is 12.6. The number of hydrogen-bond acceptors (Lipinski definition) is 1. The van der Waals surface area contributed by atoms with E-state index in [2.05, 4.69) is 0 Å². The van der Waals surface area contributed by atoms with Gasteiger partial charge in [-0.15, -0.1) is 0 Å². The van der Waals surface area contributed by atoms with Crippen molar-refractivity contribution in [3.63, 3.8) is 0 Å². The molecule has 6 heteroatoms. The Labute approximate surface area is 121 Å². The van der Waals surface area contributed by atoms with Crippen molar-refractivity contribution in [3.05, 3.63) is 65.5 Å². The number of nitrogens with two attached hydrogens (primary N) is 1. The van der Waals surface area contributed by atoms with Crippen molar-refractivity contribution in [2.24, 2.45) is 5.73 Å². The van der Waals surface area contributed by atoms with Crippen LogP contribution in [0.4, 0.5) is 13.2 Å². The molecule has 2 aromatic rings. The average Bonchev–Trinajstić information content (AvgIpc) is 2.38. The Morgan fingerprint density at radius 2 is 1.75 bits per heavy atom.